The Morgan fingerprint density at radius 2 is 1.55 bits per heavy atom. The molecule has 0 aromatic carbocycles. The molecule has 22 heavy (non-hydrogen) atoms. The van der Waals surface area contributed by atoms with Crippen molar-refractivity contribution in [1.82, 2.24) is 0 Å². The van der Waals surface area contributed by atoms with Gasteiger partial charge in [-0.2, -0.15) is 0 Å². The maximum absolute atomic E-state index is 12.0. The summed E-state index contributed by atoms with van der Waals surface area (Å²) in [7, 11) is 0. The van der Waals surface area contributed by atoms with Crippen molar-refractivity contribution in [2.45, 2.75) is 111 Å². The second kappa shape index (κ2) is 12.1. The van der Waals surface area contributed by atoms with Crippen molar-refractivity contribution in [2.24, 2.45) is 17.8 Å². The lowest BCUT2D eigenvalue weighted by molar-refractivity contribution is -0.127. The second-order valence-electron chi connectivity index (χ2n) is 7.30. The number of rotatable bonds is 7. The van der Waals surface area contributed by atoms with Gasteiger partial charge < -0.3 is 0 Å². The van der Waals surface area contributed by atoms with E-state index in [4.69, 9.17) is 0 Å². The van der Waals surface area contributed by atoms with Crippen molar-refractivity contribution >= 4 is 5.78 Å². The first-order valence-corrected chi connectivity index (χ1v) is 10.3. The highest BCUT2D eigenvalue weighted by Crippen LogP contribution is 2.39. The summed E-state index contributed by atoms with van der Waals surface area (Å²) in [6.45, 7) is 6.29. The summed E-state index contributed by atoms with van der Waals surface area (Å²) >= 11 is 0. The lowest BCUT2D eigenvalue weighted by Gasteiger charge is -2.35. The summed E-state index contributed by atoms with van der Waals surface area (Å²) in [6.07, 6.45) is 18.6. The summed E-state index contributed by atoms with van der Waals surface area (Å²) in [6, 6.07) is 0. The van der Waals surface area contributed by atoms with Crippen LogP contribution in [0.2, 0.25) is 0 Å². The monoisotopic (exact) mass is 308 g/mol. The van der Waals surface area contributed by atoms with Gasteiger partial charge in [-0.1, -0.05) is 78.6 Å². The Morgan fingerprint density at radius 3 is 2.18 bits per heavy atom. The molecule has 0 spiro atoms. The van der Waals surface area contributed by atoms with Gasteiger partial charge in [-0.15, -0.1) is 0 Å². The van der Waals surface area contributed by atoms with E-state index in [1.54, 1.807) is 0 Å². The molecule has 0 radical (unpaired) electrons. The van der Waals surface area contributed by atoms with Gasteiger partial charge in [0.05, 0.1) is 0 Å². The highest BCUT2D eigenvalue weighted by Gasteiger charge is 2.32. The molecule has 130 valence electrons. The van der Waals surface area contributed by atoms with E-state index in [9.17, 15) is 4.79 Å². The van der Waals surface area contributed by atoms with E-state index in [1.165, 1.54) is 77.0 Å². The van der Waals surface area contributed by atoms with Crippen molar-refractivity contribution in [2.75, 3.05) is 0 Å². The molecule has 1 unspecified atom stereocenters. The van der Waals surface area contributed by atoms with Crippen LogP contribution in [0.25, 0.3) is 0 Å². The largest absolute Gasteiger partial charge is 0.299 e. The Hall–Kier alpha value is -0.330. The third kappa shape index (κ3) is 6.84. The first kappa shape index (κ1) is 19.7. The smallest absolute Gasteiger partial charge is 0.136 e. The van der Waals surface area contributed by atoms with Crippen molar-refractivity contribution in [3.05, 3.63) is 0 Å². The maximum Gasteiger partial charge on any atom is 0.136 e. The zero-order valence-electron chi connectivity index (χ0n) is 15.5. The van der Waals surface area contributed by atoms with Crippen LogP contribution in [0.4, 0.5) is 0 Å². The van der Waals surface area contributed by atoms with Crippen LogP contribution >= 0.6 is 0 Å². The molecule has 0 aromatic heterocycles. The summed E-state index contributed by atoms with van der Waals surface area (Å²) in [5.41, 5.74) is 0. The van der Waals surface area contributed by atoms with Crippen molar-refractivity contribution in [3.8, 4) is 0 Å². The molecule has 0 saturated heterocycles. The van der Waals surface area contributed by atoms with E-state index >= 15 is 0 Å². The van der Waals surface area contributed by atoms with Gasteiger partial charge in [0.15, 0.2) is 0 Å². The molecule has 0 aromatic rings. The first-order valence-electron chi connectivity index (χ1n) is 10.3. The van der Waals surface area contributed by atoms with Crippen LogP contribution in [0.5, 0.6) is 0 Å². The first-order chi connectivity index (χ1) is 10.8. The average molecular weight is 309 g/mol. The second-order valence-corrected chi connectivity index (χ2v) is 7.30. The number of ketones is 1. The molecule has 0 heterocycles. The Balaban J connectivity index is 0.00000116. The molecule has 1 nitrogen and oxygen atoms in total. The van der Waals surface area contributed by atoms with Crippen LogP contribution in [-0.4, -0.2) is 5.78 Å². The van der Waals surface area contributed by atoms with Gasteiger partial charge in [-0.05, 0) is 37.5 Å². The van der Waals surface area contributed by atoms with Crippen molar-refractivity contribution in [1.29, 1.82) is 0 Å². The highest BCUT2D eigenvalue weighted by atomic mass is 16.1. The van der Waals surface area contributed by atoms with Crippen molar-refractivity contribution < 1.29 is 4.79 Å². The molecule has 2 fully saturated rings. The Kier molecular flexibility index (Phi) is 10.9. The fraction of sp³-hybridized carbons (Fsp3) is 0.952. The minimum Gasteiger partial charge on any atom is -0.299 e. The predicted molar refractivity (Wildman–Crippen MR) is 97.1 cm³/mol. The van der Waals surface area contributed by atoms with Crippen LogP contribution < -0.4 is 0 Å². The molecule has 2 saturated carbocycles. The molecule has 1 heteroatoms. The fourth-order valence-corrected chi connectivity index (χ4v) is 4.42. The molecule has 0 amide bonds. The normalized spacial score (nSPS) is 28.9. The number of hydrogen-bond donors (Lipinski definition) is 0. The molecular formula is C21H40O. The molecule has 2 aliphatic carbocycles. The van der Waals surface area contributed by atoms with Crippen LogP contribution in [0.3, 0.4) is 0 Å². The molecule has 0 bridgehead atoms. The van der Waals surface area contributed by atoms with Crippen LogP contribution in [0, 0.1) is 17.8 Å². The summed E-state index contributed by atoms with van der Waals surface area (Å²) in [5.74, 6) is 2.78. The Morgan fingerprint density at radius 1 is 0.864 bits per heavy atom. The van der Waals surface area contributed by atoms with Gasteiger partial charge in [-0.3, -0.25) is 4.79 Å². The highest BCUT2D eigenvalue weighted by molar-refractivity contribution is 5.81. The van der Waals surface area contributed by atoms with E-state index in [0.717, 1.165) is 24.7 Å². The van der Waals surface area contributed by atoms with Crippen LogP contribution in [-0.2, 0) is 4.79 Å². The maximum atomic E-state index is 12.0. The Labute approximate surface area is 139 Å². The van der Waals surface area contributed by atoms with Gasteiger partial charge in [0.1, 0.15) is 5.78 Å². The molecule has 2 aliphatic rings. The summed E-state index contributed by atoms with van der Waals surface area (Å²) < 4.78 is 0. The van der Waals surface area contributed by atoms with Gasteiger partial charge in [0, 0.05) is 12.3 Å². The lowest BCUT2D eigenvalue weighted by atomic mass is 9.70. The third-order valence-electron chi connectivity index (χ3n) is 5.78. The van der Waals surface area contributed by atoms with E-state index in [0.29, 0.717) is 11.7 Å². The van der Waals surface area contributed by atoms with E-state index in [1.807, 2.05) is 13.8 Å². The van der Waals surface area contributed by atoms with Gasteiger partial charge in [0.2, 0.25) is 0 Å². The Bertz CT molecular complexity index is 276. The average Bonchev–Trinajstić information content (AvgIpc) is 2.58. The van der Waals surface area contributed by atoms with Gasteiger partial charge in [-0.25, -0.2) is 0 Å². The molecule has 2 rings (SSSR count). The fourth-order valence-electron chi connectivity index (χ4n) is 4.42. The lowest BCUT2D eigenvalue weighted by Crippen LogP contribution is -2.30. The SMILES string of the molecule is CC.CCCCCCCC1CCC(C2CCCCC2=O)CC1. The zero-order valence-corrected chi connectivity index (χ0v) is 15.5. The quantitative estimate of drug-likeness (QED) is 0.465. The third-order valence-corrected chi connectivity index (χ3v) is 5.78. The number of carbonyl (C=O) groups excluding carboxylic acids is 1. The molecule has 0 N–H and O–H groups in total. The minimum atomic E-state index is 0.453. The van der Waals surface area contributed by atoms with Gasteiger partial charge >= 0.3 is 0 Å². The molecule has 1 atom stereocenters. The number of hydrogen-bond acceptors (Lipinski definition) is 1. The van der Waals surface area contributed by atoms with Crippen molar-refractivity contribution in [3.63, 3.8) is 0 Å². The summed E-state index contributed by atoms with van der Waals surface area (Å²) in [4.78, 5) is 12.0. The predicted octanol–water partition coefficient (Wildman–Crippen LogP) is 6.94. The van der Waals surface area contributed by atoms with Crippen LogP contribution in [0.15, 0.2) is 0 Å². The van der Waals surface area contributed by atoms with E-state index in [2.05, 4.69) is 6.92 Å². The number of Topliss-reactive ketones (excluding diaryl/α,β-unsaturated/α-hetero) is 1. The summed E-state index contributed by atoms with van der Waals surface area (Å²) in [5, 5.41) is 0. The topological polar surface area (TPSA) is 17.1 Å². The number of unbranched alkanes of at least 4 members (excludes halogenated alkanes) is 4. The van der Waals surface area contributed by atoms with E-state index < -0.39 is 0 Å². The standard InChI is InChI=1S/C19H34O.C2H6/c1-2-3-4-5-6-9-16-12-14-17(15-13-16)18-10-7-8-11-19(18)20;1-2/h16-18H,2-15H2,1H3;1-2H3. The van der Waals surface area contributed by atoms with Crippen LogP contribution in [0.1, 0.15) is 111 Å². The van der Waals surface area contributed by atoms with E-state index in [-0.39, 0.29) is 0 Å². The number of carbonyl (C=O) groups is 1. The molecule has 0 aliphatic heterocycles. The minimum absolute atomic E-state index is 0.453. The van der Waals surface area contributed by atoms with Gasteiger partial charge in [0.25, 0.3) is 0 Å². The molecular weight excluding hydrogens is 268 g/mol. The zero-order chi connectivity index (χ0) is 16.2.